The number of halogens is 2. The van der Waals surface area contributed by atoms with Gasteiger partial charge in [0.15, 0.2) is 6.29 Å². The molecule has 182 valence electrons. The number of urea groups is 2. The topological polar surface area (TPSA) is 100 Å². The number of nitrogens with zero attached hydrogens (tertiary/aromatic N) is 2. The second kappa shape index (κ2) is 11.3. The van der Waals surface area contributed by atoms with Gasteiger partial charge >= 0.3 is 18.0 Å². The van der Waals surface area contributed by atoms with Gasteiger partial charge in [0.1, 0.15) is 5.75 Å². The fraction of sp³-hybridized carbons (Fsp3) is 0.348. The van der Waals surface area contributed by atoms with Crippen molar-refractivity contribution in [2.75, 3.05) is 25.6 Å². The molecule has 34 heavy (non-hydrogen) atoms. The number of hydrogen-bond acceptors (Lipinski definition) is 6. The van der Waals surface area contributed by atoms with Crippen molar-refractivity contribution >= 4 is 46.9 Å². The maximum atomic E-state index is 13.4. The van der Waals surface area contributed by atoms with E-state index in [1.807, 2.05) is 6.92 Å². The Bertz CT molecular complexity index is 1050. The largest absolute Gasteiger partial charge is 0.492 e. The highest BCUT2D eigenvalue weighted by atomic mass is 35.5. The van der Waals surface area contributed by atoms with E-state index in [9.17, 15) is 14.4 Å². The van der Waals surface area contributed by atoms with E-state index in [1.165, 1.54) is 12.0 Å². The van der Waals surface area contributed by atoms with Crippen LogP contribution in [0.25, 0.3) is 0 Å². The van der Waals surface area contributed by atoms with E-state index in [1.54, 1.807) is 49.4 Å². The molecule has 1 aliphatic heterocycles. The van der Waals surface area contributed by atoms with Gasteiger partial charge in [0.05, 0.1) is 31.2 Å². The highest BCUT2D eigenvalue weighted by Gasteiger charge is 2.39. The van der Waals surface area contributed by atoms with Crippen LogP contribution in [0.3, 0.4) is 0 Å². The van der Waals surface area contributed by atoms with E-state index in [-0.39, 0.29) is 13.1 Å². The normalized spacial score (nSPS) is 16.7. The maximum absolute atomic E-state index is 13.4. The Morgan fingerprint density at radius 2 is 1.88 bits per heavy atom. The van der Waals surface area contributed by atoms with Crippen molar-refractivity contribution in [2.24, 2.45) is 5.92 Å². The van der Waals surface area contributed by atoms with Gasteiger partial charge in [-0.05, 0) is 42.8 Å². The molecule has 1 heterocycles. The lowest BCUT2D eigenvalue weighted by Crippen LogP contribution is -2.67. The molecule has 1 fully saturated rings. The summed E-state index contributed by atoms with van der Waals surface area (Å²) in [5.74, 6) is -0.680. The Balaban J connectivity index is 1.86. The first-order valence-electron chi connectivity index (χ1n) is 10.6. The first kappa shape index (κ1) is 25.5. The van der Waals surface area contributed by atoms with Crippen molar-refractivity contribution in [3.63, 3.8) is 0 Å². The van der Waals surface area contributed by atoms with Gasteiger partial charge in [-0.2, -0.15) is 0 Å². The molecule has 2 aromatic carbocycles. The van der Waals surface area contributed by atoms with E-state index < -0.39 is 30.2 Å². The van der Waals surface area contributed by atoms with Gasteiger partial charge in [0.25, 0.3) is 0 Å². The van der Waals surface area contributed by atoms with E-state index in [0.717, 1.165) is 10.5 Å². The second-order valence-corrected chi connectivity index (χ2v) is 8.49. The van der Waals surface area contributed by atoms with Crippen molar-refractivity contribution in [1.82, 2.24) is 15.1 Å². The highest BCUT2D eigenvalue weighted by molar-refractivity contribution is 6.32. The smallest absolute Gasteiger partial charge is 0.331 e. The molecule has 2 atom stereocenters. The molecule has 0 aliphatic carbocycles. The van der Waals surface area contributed by atoms with Gasteiger partial charge in [-0.3, -0.25) is 15.0 Å². The Morgan fingerprint density at radius 1 is 1.18 bits per heavy atom. The lowest BCUT2D eigenvalue weighted by molar-refractivity contribution is -0.145. The third-order valence-corrected chi connectivity index (χ3v) is 5.70. The summed E-state index contributed by atoms with van der Waals surface area (Å²) in [5, 5.41) is 6.86. The van der Waals surface area contributed by atoms with Gasteiger partial charge in [-0.1, -0.05) is 42.3 Å². The summed E-state index contributed by atoms with van der Waals surface area (Å²) in [6.45, 7) is 3.95. The van der Waals surface area contributed by atoms with Crippen LogP contribution < -0.4 is 15.4 Å². The highest BCUT2D eigenvalue weighted by Crippen LogP contribution is 2.29. The Morgan fingerprint density at radius 3 is 2.50 bits per heavy atom. The molecule has 2 N–H and O–H groups in total. The molecule has 2 aromatic rings. The molecule has 0 spiro atoms. The number of esters is 1. The number of nitrogens with one attached hydrogen (secondary N) is 2. The number of hydrogen-bond donors (Lipinski definition) is 2. The van der Waals surface area contributed by atoms with Crippen LogP contribution in [0.15, 0.2) is 42.5 Å². The van der Waals surface area contributed by atoms with Gasteiger partial charge in [-0.15, -0.1) is 0 Å². The SMILES string of the molecule is CCOc1ccc(NC2NC(=O)N(C[C@H](C)C(=O)OC)C(=O)N2Cc2ccc(Cl)cc2)cc1Cl. The van der Waals surface area contributed by atoms with E-state index in [2.05, 4.69) is 10.6 Å². The summed E-state index contributed by atoms with van der Waals surface area (Å²) < 4.78 is 10.2. The molecule has 0 aromatic heterocycles. The molecule has 0 saturated carbocycles. The number of carbonyl (C=O) groups is 3. The zero-order chi connectivity index (χ0) is 24.8. The van der Waals surface area contributed by atoms with E-state index in [4.69, 9.17) is 32.7 Å². The lowest BCUT2D eigenvalue weighted by atomic mass is 10.1. The molecule has 3 rings (SSSR count). The monoisotopic (exact) mass is 508 g/mol. The number of amides is 4. The van der Waals surface area contributed by atoms with Gasteiger partial charge in [-0.25, -0.2) is 14.5 Å². The predicted molar refractivity (Wildman–Crippen MR) is 129 cm³/mol. The van der Waals surface area contributed by atoms with Crippen LogP contribution in [0.1, 0.15) is 19.4 Å². The zero-order valence-electron chi connectivity index (χ0n) is 19.0. The fourth-order valence-electron chi connectivity index (χ4n) is 3.42. The van der Waals surface area contributed by atoms with Crippen LogP contribution >= 0.6 is 23.2 Å². The molecule has 4 amide bonds. The molecular formula is C23H26Cl2N4O5. The van der Waals surface area contributed by atoms with Crippen molar-refractivity contribution < 1.29 is 23.9 Å². The van der Waals surface area contributed by atoms with E-state index >= 15 is 0 Å². The Kier molecular flexibility index (Phi) is 8.46. The van der Waals surface area contributed by atoms with Crippen LogP contribution in [0, 0.1) is 5.92 Å². The first-order chi connectivity index (χ1) is 16.2. The number of anilines is 1. The molecule has 0 bridgehead atoms. The van der Waals surface area contributed by atoms with Crippen molar-refractivity contribution in [1.29, 1.82) is 0 Å². The third-order valence-electron chi connectivity index (χ3n) is 5.15. The fourth-order valence-corrected chi connectivity index (χ4v) is 3.78. The Hall–Kier alpha value is -3.17. The summed E-state index contributed by atoms with van der Waals surface area (Å²) in [6, 6.07) is 10.9. The summed E-state index contributed by atoms with van der Waals surface area (Å²) in [5.41, 5.74) is 1.37. The van der Waals surface area contributed by atoms with Crippen molar-refractivity contribution in [2.45, 2.75) is 26.7 Å². The van der Waals surface area contributed by atoms with Crippen LogP contribution in [0.2, 0.25) is 10.0 Å². The number of ether oxygens (including phenoxy) is 2. The van der Waals surface area contributed by atoms with Crippen LogP contribution in [0.5, 0.6) is 5.75 Å². The third kappa shape index (κ3) is 6.03. The molecule has 11 heteroatoms. The van der Waals surface area contributed by atoms with Crippen LogP contribution in [-0.4, -0.2) is 54.4 Å². The van der Waals surface area contributed by atoms with Gasteiger partial charge in [0.2, 0.25) is 0 Å². The summed E-state index contributed by atoms with van der Waals surface area (Å²) >= 11 is 12.3. The predicted octanol–water partition coefficient (Wildman–Crippen LogP) is 4.54. The number of methoxy groups -OCH3 is 1. The summed E-state index contributed by atoms with van der Waals surface area (Å²) in [4.78, 5) is 40.5. The summed E-state index contributed by atoms with van der Waals surface area (Å²) in [7, 11) is 1.26. The first-order valence-corrected chi connectivity index (χ1v) is 11.4. The molecule has 0 radical (unpaired) electrons. The quantitative estimate of drug-likeness (QED) is 0.482. The van der Waals surface area contributed by atoms with Gasteiger partial charge in [0, 0.05) is 17.3 Å². The average molecular weight is 509 g/mol. The molecular weight excluding hydrogens is 483 g/mol. The zero-order valence-corrected chi connectivity index (χ0v) is 20.5. The average Bonchev–Trinajstić information content (AvgIpc) is 2.81. The molecule has 1 saturated heterocycles. The Labute approximate surface area is 207 Å². The van der Waals surface area contributed by atoms with Crippen LogP contribution in [0.4, 0.5) is 15.3 Å². The molecule has 9 nitrogen and oxygen atoms in total. The van der Waals surface area contributed by atoms with Crippen molar-refractivity contribution in [3.05, 3.63) is 58.1 Å². The van der Waals surface area contributed by atoms with Crippen molar-refractivity contribution in [3.8, 4) is 5.75 Å². The number of imide groups is 1. The van der Waals surface area contributed by atoms with Gasteiger partial charge < -0.3 is 14.8 Å². The van der Waals surface area contributed by atoms with E-state index in [0.29, 0.717) is 28.1 Å². The minimum atomic E-state index is -0.880. The number of benzene rings is 2. The minimum absolute atomic E-state index is 0.129. The summed E-state index contributed by atoms with van der Waals surface area (Å²) in [6.07, 6.45) is -0.880. The van der Waals surface area contributed by atoms with Crippen LogP contribution in [-0.2, 0) is 16.1 Å². The molecule has 1 unspecified atom stereocenters. The minimum Gasteiger partial charge on any atom is -0.492 e. The second-order valence-electron chi connectivity index (χ2n) is 7.65. The molecule has 1 aliphatic rings. The number of carbonyl (C=O) groups excluding carboxylic acids is 3. The lowest BCUT2D eigenvalue weighted by Gasteiger charge is -2.41. The number of rotatable bonds is 9. The standard InChI is InChI=1S/C23H26Cl2N4O5/c1-4-34-19-10-9-17(11-18(19)25)26-21-27-22(31)29(12-14(2)20(30)33-3)23(32)28(21)13-15-5-7-16(24)8-6-15/h5-11,14,21,26H,4,12-13H2,1-3H3,(H,27,31)/t14-,21?/m0/s1. The maximum Gasteiger partial charge on any atom is 0.331 e.